The fraction of sp³-hybridized carbons (Fsp3) is 0. The van der Waals surface area contributed by atoms with E-state index in [2.05, 4.69) is 25.3 Å². The molecule has 0 spiro atoms. The minimum absolute atomic E-state index is 0.266. The minimum atomic E-state index is -0.266. The van der Waals surface area contributed by atoms with Crippen LogP contribution in [0.3, 0.4) is 0 Å². The molecule has 1 amide bonds. The van der Waals surface area contributed by atoms with Gasteiger partial charge in [-0.3, -0.25) is 14.8 Å². The molecule has 0 aliphatic carbocycles. The number of nitrogens with one attached hydrogen (secondary N) is 1. The lowest BCUT2D eigenvalue weighted by Crippen LogP contribution is -2.17. The third-order valence-electron chi connectivity index (χ3n) is 3.71. The number of amides is 1. The van der Waals surface area contributed by atoms with Gasteiger partial charge in [-0.2, -0.15) is 0 Å². The third kappa shape index (κ3) is 3.18. The summed E-state index contributed by atoms with van der Waals surface area (Å²) in [5, 5.41) is 2.81. The quantitative estimate of drug-likeness (QED) is 0.616. The lowest BCUT2D eigenvalue weighted by Gasteiger charge is -2.09. The Morgan fingerprint density at radius 1 is 0.885 bits per heavy atom. The molecule has 1 N–H and O–H groups in total. The monoisotopic (exact) mass is 342 g/mol. The van der Waals surface area contributed by atoms with Crippen LogP contribution < -0.4 is 5.32 Å². The Bertz CT molecular complexity index is 1030. The van der Waals surface area contributed by atoms with Crippen molar-refractivity contribution < 1.29 is 4.79 Å². The average molecular weight is 342 g/mol. The second-order valence-corrected chi connectivity index (χ2v) is 5.40. The summed E-state index contributed by atoms with van der Waals surface area (Å²) in [6.45, 7) is 0. The molecular weight excluding hydrogens is 328 g/mol. The van der Waals surface area contributed by atoms with Crippen LogP contribution in [0.5, 0.6) is 0 Å². The molecule has 0 saturated heterocycles. The number of carbonyl (C=O) groups is 1. The standard InChI is InChI=1S/C19H14N6O/c26-19(16-5-3-13-25(16)14-6-10-20-11-7-14)24-17-8-12-22-18(23-17)15-4-1-2-9-21-15/h1-13H,(H,22,23,24,26). The molecule has 4 rings (SSSR count). The van der Waals surface area contributed by atoms with E-state index in [4.69, 9.17) is 0 Å². The van der Waals surface area contributed by atoms with Crippen molar-refractivity contribution in [1.29, 1.82) is 0 Å². The first kappa shape index (κ1) is 15.6. The normalized spacial score (nSPS) is 10.5. The van der Waals surface area contributed by atoms with Crippen LogP contribution in [0.1, 0.15) is 10.5 Å². The molecule has 7 nitrogen and oxygen atoms in total. The van der Waals surface area contributed by atoms with Crippen LogP contribution in [0, 0.1) is 0 Å². The SMILES string of the molecule is O=C(Nc1ccnc(-c2ccccn2)n1)c1cccn1-c1ccncc1. The van der Waals surface area contributed by atoms with E-state index < -0.39 is 0 Å². The fourth-order valence-electron chi connectivity index (χ4n) is 2.52. The van der Waals surface area contributed by atoms with Crippen molar-refractivity contribution in [3.05, 3.63) is 85.2 Å². The molecule has 0 aromatic carbocycles. The van der Waals surface area contributed by atoms with Gasteiger partial charge in [0.25, 0.3) is 5.91 Å². The predicted molar refractivity (Wildman–Crippen MR) is 96.8 cm³/mol. The highest BCUT2D eigenvalue weighted by Gasteiger charge is 2.13. The van der Waals surface area contributed by atoms with Crippen LogP contribution in [-0.4, -0.2) is 30.4 Å². The zero-order chi connectivity index (χ0) is 17.8. The molecule has 26 heavy (non-hydrogen) atoms. The molecule has 7 heteroatoms. The number of anilines is 1. The maximum Gasteiger partial charge on any atom is 0.273 e. The topological polar surface area (TPSA) is 85.6 Å². The van der Waals surface area contributed by atoms with Crippen LogP contribution in [0.15, 0.2) is 79.5 Å². The Balaban J connectivity index is 1.60. The largest absolute Gasteiger partial charge is 0.312 e. The first-order chi connectivity index (χ1) is 12.8. The first-order valence-electron chi connectivity index (χ1n) is 7.95. The highest BCUT2D eigenvalue weighted by Crippen LogP contribution is 2.16. The summed E-state index contributed by atoms with van der Waals surface area (Å²) in [5.41, 5.74) is 1.99. The van der Waals surface area contributed by atoms with Crippen molar-refractivity contribution in [2.24, 2.45) is 0 Å². The smallest absolute Gasteiger partial charge is 0.273 e. The summed E-state index contributed by atoms with van der Waals surface area (Å²) in [6, 6.07) is 14.4. The number of carbonyl (C=O) groups excluding carboxylic acids is 1. The Labute approximate surface area is 149 Å². The number of aromatic nitrogens is 5. The maximum atomic E-state index is 12.7. The van der Waals surface area contributed by atoms with Gasteiger partial charge in [0.1, 0.15) is 17.2 Å². The molecule has 0 aliphatic rings. The van der Waals surface area contributed by atoms with Gasteiger partial charge in [0.2, 0.25) is 0 Å². The number of pyridine rings is 2. The van der Waals surface area contributed by atoms with Gasteiger partial charge >= 0.3 is 0 Å². The van der Waals surface area contributed by atoms with E-state index in [1.807, 2.05) is 42.6 Å². The predicted octanol–water partition coefficient (Wildman–Crippen LogP) is 2.98. The van der Waals surface area contributed by atoms with E-state index in [9.17, 15) is 4.79 Å². The molecule has 0 fully saturated rings. The fourth-order valence-corrected chi connectivity index (χ4v) is 2.52. The zero-order valence-corrected chi connectivity index (χ0v) is 13.6. The van der Waals surface area contributed by atoms with E-state index in [1.165, 1.54) is 0 Å². The zero-order valence-electron chi connectivity index (χ0n) is 13.6. The van der Waals surface area contributed by atoms with E-state index in [0.717, 1.165) is 5.69 Å². The molecule has 126 valence electrons. The summed E-state index contributed by atoms with van der Waals surface area (Å²) in [6.07, 6.45) is 8.45. The summed E-state index contributed by atoms with van der Waals surface area (Å²) in [7, 11) is 0. The molecular formula is C19H14N6O. The van der Waals surface area contributed by atoms with Crippen LogP contribution in [0.2, 0.25) is 0 Å². The van der Waals surface area contributed by atoms with Crippen LogP contribution >= 0.6 is 0 Å². The minimum Gasteiger partial charge on any atom is -0.312 e. The summed E-state index contributed by atoms with van der Waals surface area (Å²) in [4.78, 5) is 29.5. The Hall–Kier alpha value is -3.87. The van der Waals surface area contributed by atoms with E-state index >= 15 is 0 Å². The maximum absolute atomic E-state index is 12.7. The molecule has 0 unspecified atom stereocenters. The number of nitrogens with zero attached hydrogens (tertiary/aromatic N) is 5. The Kier molecular flexibility index (Phi) is 4.17. The summed E-state index contributed by atoms with van der Waals surface area (Å²) < 4.78 is 1.79. The van der Waals surface area contributed by atoms with Crippen molar-refractivity contribution >= 4 is 11.7 Å². The molecule has 0 atom stereocenters. The van der Waals surface area contributed by atoms with Gasteiger partial charge in [0, 0.05) is 36.7 Å². The van der Waals surface area contributed by atoms with Crippen molar-refractivity contribution in [2.75, 3.05) is 5.32 Å². The Morgan fingerprint density at radius 3 is 2.58 bits per heavy atom. The molecule has 4 aromatic rings. The van der Waals surface area contributed by atoms with Gasteiger partial charge in [0.05, 0.1) is 0 Å². The second kappa shape index (κ2) is 6.94. The first-order valence-corrected chi connectivity index (χ1v) is 7.95. The van der Waals surface area contributed by atoms with Crippen molar-refractivity contribution in [1.82, 2.24) is 24.5 Å². The lowest BCUT2D eigenvalue weighted by atomic mass is 10.3. The van der Waals surface area contributed by atoms with E-state index in [0.29, 0.717) is 23.0 Å². The van der Waals surface area contributed by atoms with Crippen LogP contribution in [-0.2, 0) is 0 Å². The van der Waals surface area contributed by atoms with Crippen LogP contribution in [0.4, 0.5) is 5.82 Å². The average Bonchev–Trinajstić information content (AvgIpc) is 3.20. The third-order valence-corrected chi connectivity index (χ3v) is 3.71. The Morgan fingerprint density at radius 2 is 1.77 bits per heavy atom. The van der Waals surface area contributed by atoms with Gasteiger partial charge in [-0.1, -0.05) is 6.07 Å². The number of hydrogen-bond acceptors (Lipinski definition) is 5. The van der Waals surface area contributed by atoms with Gasteiger partial charge in [0.15, 0.2) is 5.82 Å². The molecule has 4 heterocycles. The molecule has 4 aromatic heterocycles. The van der Waals surface area contributed by atoms with Gasteiger partial charge in [-0.15, -0.1) is 0 Å². The van der Waals surface area contributed by atoms with Crippen molar-refractivity contribution in [2.45, 2.75) is 0 Å². The van der Waals surface area contributed by atoms with Gasteiger partial charge in [-0.05, 0) is 42.5 Å². The van der Waals surface area contributed by atoms with Crippen LogP contribution in [0.25, 0.3) is 17.2 Å². The number of rotatable bonds is 4. The molecule has 0 aliphatic heterocycles. The highest BCUT2D eigenvalue weighted by molar-refractivity contribution is 6.03. The highest BCUT2D eigenvalue weighted by atomic mass is 16.2. The second-order valence-electron chi connectivity index (χ2n) is 5.40. The summed E-state index contributed by atoms with van der Waals surface area (Å²) in [5.74, 6) is 0.596. The van der Waals surface area contributed by atoms with Gasteiger partial charge in [-0.25, -0.2) is 9.97 Å². The lowest BCUT2D eigenvalue weighted by molar-refractivity contribution is 0.102. The summed E-state index contributed by atoms with van der Waals surface area (Å²) >= 11 is 0. The van der Waals surface area contributed by atoms with E-state index in [1.54, 1.807) is 41.5 Å². The molecule has 0 radical (unpaired) electrons. The molecule has 0 saturated carbocycles. The van der Waals surface area contributed by atoms with Gasteiger partial charge < -0.3 is 9.88 Å². The van der Waals surface area contributed by atoms with Crippen molar-refractivity contribution in [3.8, 4) is 17.2 Å². The molecule has 0 bridgehead atoms. The van der Waals surface area contributed by atoms with E-state index in [-0.39, 0.29) is 5.91 Å². The number of hydrogen-bond donors (Lipinski definition) is 1. The van der Waals surface area contributed by atoms with Crippen molar-refractivity contribution in [3.63, 3.8) is 0 Å².